The number of hydrogen-bond donors (Lipinski definition) is 2. The molecule has 19 heavy (non-hydrogen) atoms. The maximum atomic E-state index is 11.7. The van der Waals surface area contributed by atoms with Gasteiger partial charge >= 0.3 is 6.03 Å². The summed E-state index contributed by atoms with van der Waals surface area (Å²) in [6.07, 6.45) is 0. The number of aryl methyl sites for hydroxylation is 1. The molecule has 4 nitrogen and oxygen atoms in total. The van der Waals surface area contributed by atoms with E-state index in [4.69, 9.17) is 0 Å². The number of anilines is 1. The number of urea groups is 1. The summed E-state index contributed by atoms with van der Waals surface area (Å²) in [7, 11) is 0. The largest absolute Gasteiger partial charge is 0.332 e. The van der Waals surface area contributed by atoms with Crippen LogP contribution >= 0.6 is 22.6 Å². The van der Waals surface area contributed by atoms with Crippen LogP contribution in [0.2, 0.25) is 0 Å². The molecule has 0 fully saturated rings. The van der Waals surface area contributed by atoms with Crippen molar-refractivity contribution < 1.29 is 4.79 Å². The van der Waals surface area contributed by atoms with E-state index in [1.54, 1.807) is 0 Å². The number of benzene rings is 1. The van der Waals surface area contributed by atoms with Crippen LogP contribution in [0.5, 0.6) is 0 Å². The van der Waals surface area contributed by atoms with Crippen LogP contribution in [0.1, 0.15) is 11.4 Å². The first kappa shape index (κ1) is 13.8. The number of nitrogens with one attached hydrogen (secondary N) is 2. The fraction of sp³-hybridized carbons (Fsp3) is 0.143. The number of carbonyl (C=O) groups excluding carboxylic acids is 1. The van der Waals surface area contributed by atoms with E-state index in [9.17, 15) is 4.79 Å². The van der Waals surface area contributed by atoms with E-state index in [1.807, 2.05) is 49.4 Å². The lowest BCUT2D eigenvalue weighted by molar-refractivity contribution is 0.251. The molecule has 2 N–H and O–H groups in total. The third-order valence-corrected chi connectivity index (χ3v) is 3.13. The van der Waals surface area contributed by atoms with E-state index in [-0.39, 0.29) is 6.03 Å². The molecule has 0 atom stereocenters. The molecule has 1 aromatic heterocycles. The Labute approximate surface area is 125 Å². The molecule has 5 heteroatoms. The van der Waals surface area contributed by atoms with Crippen molar-refractivity contribution >= 4 is 34.3 Å². The monoisotopic (exact) mass is 367 g/mol. The Morgan fingerprint density at radius 2 is 2.05 bits per heavy atom. The number of carbonyl (C=O) groups is 1. The highest BCUT2D eigenvalue weighted by Crippen LogP contribution is 2.12. The van der Waals surface area contributed by atoms with Gasteiger partial charge in [-0.25, -0.2) is 4.79 Å². The molecule has 0 aliphatic carbocycles. The lowest BCUT2D eigenvalue weighted by Gasteiger charge is -2.08. The van der Waals surface area contributed by atoms with Crippen molar-refractivity contribution in [3.8, 4) is 0 Å². The summed E-state index contributed by atoms with van der Waals surface area (Å²) in [5.41, 5.74) is 2.57. The zero-order valence-electron chi connectivity index (χ0n) is 10.5. The van der Waals surface area contributed by atoms with Gasteiger partial charge in [0.05, 0.1) is 12.2 Å². The molecule has 0 aliphatic heterocycles. The van der Waals surface area contributed by atoms with Crippen LogP contribution in [0, 0.1) is 10.5 Å². The highest BCUT2D eigenvalue weighted by Gasteiger charge is 2.02. The van der Waals surface area contributed by atoms with Crippen molar-refractivity contribution in [1.29, 1.82) is 0 Å². The van der Waals surface area contributed by atoms with Crippen molar-refractivity contribution in [2.24, 2.45) is 0 Å². The van der Waals surface area contributed by atoms with Gasteiger partial charge in [0.15, 0.2) is 0 Å². The Morgan fingerprint density at radius 1 is 1.26 bits per heavy atom. The number of nitrogens with zero attached hydrogens (tertiary/aromatic N) is 1. The second kappa shape index (κ2) is 6.51. The van der Waals surface area contributed by atoms with Gasteiger partial charge in [0.25, 0.3) is 0 Å². The van der Waals surface area contributed by atoms with Gasteiger partial charge in [0.2, 0.25) is 0 Å². The van der Waals surface area contributed by atoms with Crippen molar-refractivity contribution in [2.75, 3.05) is 5.32 Å². The summed E-state index contributed by atoms with van der Waals surface area (Å²) in [5, 5.41) is 5.56. The summed E-state index contributed by atoms with van der Waals surface area (Å²) in [6.45, 7) is 2.34. The van der Waals surface area contributed by atoms with Crippen LogP contribution in [0.25, 0.3) is 0 Å². The molecule has 0 radical (unpaired) electrons. The van der Waals surface area contributed by atoms with Crippen LogP contribution in [-0.4, -0.2) is 11.0 Å². The molecule has 0 aliphatic rings. The Balaban J connectivity index is 1.88. The number of aromatic nitrogens is 1. The average molecular weight is 367 g/mol. The third-order valence-electron chi connectivity index (χ3n) is 2.46. The van der Waals surface area contributed by atoms with Crippen LogP contribution in [0.3, 0.4) is 0 Å². The first-order chi connectivity index (χ1) is 9.13. The number of halogens is 1. The summed E-state index contributed by atoms with van der Waals surface area (Å²) in [5.74, 6) is 0. The van der Waals surface area contributed by atoms with Gasteiger partial charge in [-0.15, -0.1) is 0 Å². The Morgan fingerprint density at radius 3 is 2.79 bits per heavy atom. The lowest BCUT2D eigenvalue weighted by Crippen LogP contribution is -2.28. The fourth-order valence-corrected chi connectivity index (χ4v) is 2.15. The molecule has 0 bridgehead atoms. The second-order valence-electron chi connectivity index (χ2n) is 4.09. The maximum Gasteiger partial charge on any atom is 0.319 e. The Hall–Kier alpha value is -1.63. The van der Waals surface area contributed by atoms with E-state index in [2.05, 4.69) is 38.2 Å². The summed E-state index contributed by atoms with van der Waals surface area (Å²) in [6, 6.07) is 13.1. The topological polar surface area (TPSA) is 54.0 Å². The molecule has 2 amide bonds. The molecular weight excluding hydrogens is 353 g/mol. The van der Waals surface area contributed by atoms with Crippen molar-refractivity contribution in [1.82, 2.24) is 10.3 Å². The van der Waals surface area contributed by atoms with Crippen molar-refractivity contribution in [3.63, 3.8) is 0 Å². The molecule has 2 aromatic rings. The predicted molar refractivity (Wildman–Crippen MR) is 84.0 cm³/mol. The molecule has 98 valence electrons. The van der Waals surface area contributed by atoms with E-state index >= 15 is 0 Å². The smallest absolute Gasteiger partial charge is 0.319 e. The molecule has 0 saturated carbocycles. The average Bonchev–Trinajstić information content (AvgIpc) is 2.36. The standard InChI is InChI=1S/C14H14IN3O/c1-10-4-2-7-13(17-10)9-16-14(19)18-12-6-3-5-11(15)8-12/h2-8H,9H2,1H3,(H2,16,18,19). The van der Waals surface area contributed by atoms with Gasteiger partial charge in [-0.1, -0.05) is 12.1 Å². The quantitative estimate of drug-likeness (QED) is 0.818. The molecule has 1 heterocycles. The van der Waals surface area contributed by atoms with E-state index in [0.29, 0.717) is 6.54 Å². The van der Waals surface area contributed by atoms with E-state index < -0.39 is 0 Å². The number of pyridine rings is 1. The molecule has 0 saturated heterocycles. The zero-order chi connectivity index (χ0) is 13.7. The van der Waals surface area contributed by atoms with Gasteiger partial charge in [-0.3, -0.25) is 4.98 Å². The molecule has 1 aromatic carbocycles. The van der Waals surface area contributed by atoms with Crippen LogP contribution in [-0.2, 0) is 6.54 Å². The van der Waals surface area contributed by atoms with Gasteiger partial charge in [-0.05, 0) is 59.8 Å². The van der Waals surface area contributed by atoms with Gasteiger partial charge < -0.3 is 10.6 Å². The predicted octanol–water partition coefficient (Wildman–Crippen LogP) is 3.32. The highest BCUT2D eigenvalue weighted by atomic mass is 127. The molecule has 0 unspecified atom stereocenters. The summed E-state index contributed by atoms with van der Waals surface area (Å²) < 4.78 is 1.08. The van der Waals surface area contributed by atoms with Crippen LogP contribution in [0.4, 0.5) is 10.5 Å². The van der Waals surface area contributed by atoms with Gasteiger partial charge in [-0.2, -0.15) is 0 Å². The fourth-order valence-electron chi connectivity index (χ4n) is 1.61. The van der Waals surface area contributed by atoms with E-state index in [1.165, 1.54) is 0 Å². The minimum Gasteiger partial charge on any atom is -0.332 e. The molecule has 0 spiro atoms. The van der Waals surface area contributed by atoms with E-state index in [0.717, 1.165) is 20.6 Å². The van der Waals surface area contributed by atoms with Crippen LogP contribution < -0.4 is 10.6 Å². The van der Waals surface area contributed by atoms with Crippen molar-refractivity contribution in [2.45, 2.75) is 13.5 Å². The summed E-state index contributed by atoms with van der Waals surface area (Å²) in [4.78, 5) is 16.1. The maximum absolute atomic E-state index is 11.7. The lowest BCUT2D eigenvalue weighted by atomic mass is 10.3. The van der Waals surface area contributed by atoms with Crippen LogP contribution in [0.15, 0.2) is 42.5 Å². The first-order valence-corrected chi connectivity index (χ1v) is 6.94. The Bertz CT molecular complexity index is 586. The van der Waals surface area contributed by atoms with Crippen molar-refractivity contribution in [3.05, 3.63) is 57.4 Å². The number of hydrogen-bond acceptors (Lipinski definition) is 2. The van der Waals surface area contributed by atoms with Gasteiger partial charge in [0, 0.05) is 15.0 Å². The Kier molecular flexibility index (Phi) is 4.73. The van der Waals surface area contributed by atoms with Gasteiger partial charge in [0.1, 0.15) is 0 Å². The summed E-state index contributed by atoms with van der Waals surface area (Å²) >= 11 is 2.20. The normalized spacial score (nSPS) is 10.0. The zero-order valence-corrected chi connectivity index (χ0v) is 12.6. The number of amides is 2. The minimum atomic E-state index is -0.231. The highest BCUT2D eigenvalue weighted by molar-refractivity contribution is 14.1. The minimum absolute atomic E-state index is 0.231. The molecule has 2 rings (SSSR count). The first-order valence-electron chi connectivity index (χ1n) is 5.86. The molecular formula is C14H14IN3O. The second-order valence-corrected chi connectivity index (χ2v) is 5.33. The SMILES string of the molecule is Cc1cccc(CNC(=O)Nc2cccc(I)c2)n1. The number of rotatable bonds is 3. The third kappa shape index (κ3) is 4.51.